The lowest BCUT2D eigenvalue weighted by Gasteiger charge is -2.20. The summed E-state index contributed by atoms with van der Waals surface area (Å²) in [7, 11) is 0. The molecular formula is C52H32O. The Morgan fingerprint density at radius 3 is 1.45 bits per heavy atom. The van der Waals surface area contributed by atoms with Crippen LogP contribution in [-0.4, -0.2) is 0 Å². The summed E-state index contributed by atoms with van der Waals surface area (Å²) in [6, 6.07) is 70.7. The fourth-order valence-corrected chi connectivity index (χ4v) is 8.52. The predicted molar refractivity (Wildman–Crippen MR) is 225 cm³/mol. The zero-order valence-electron chi connectivity index (χ0n) is 28.9. The first-order chi connectivity index (χ1) is 26.3. The average molecular weight is 673 g/mol. The number of hydrogen-bond acceptors (Lipinski definition) is 1. The number of hydrogen-bond donors (Lipinski definition) is 0. The van der Waals surface area contributed by atoms with Crippen LogP contribution < -0.4 is 0 Å². The highest BCUT2D eigenvalue weighted by Gasteiger charge is 2.19. The van der Waals surface area contributed by atoms with Gasteiger partial charge in [-0.05, 0) is 124 Å². The second-order valence-electron chi connectivity index (χ2n) is 14.0. The first-order valence-electron chi connectivity index (χ1n) is 18.2. The summed E-state index contributed by atoms with van der Waals surface area (Å²) in [6.07, 6.45) is 0. The van der Waals surface area contributed by atoms with Gasteiger partial charge in [-0.2, -0.15) is 0 Å². The summed E-state index contributed by atoms with van der Waals surface area (Å²) < 4.78 is 6.30. The molecular weight excluding hydrogens is 641 g/mol. The Balaban J connectivity index is 1.09. The van der Waals surface area contributed by atoms with Gasteiger partial charge in [-0.15, -0.1) is 0 Å². The second kappa shape index (κ2) is 11.8. The van der Waals surface area contributed by atoms with E-state index < -0.39 is 0 Å². The molecule has 11 aromatic rings. The molecule has 0 unspecified atom stereocenters. The van der Waals surface area contributed by atoms with E-state index in [2.05, 4.69) is 194 Å². The lowest BCUT2D eigenvalue weighted by atomic mass is 9.83. The molecule has 10 aromatic carbocycles. The summed E-state index contributed by atoms with van der Waals surface area (Å²) in [5, 5.41) is 12.2. The predicted octanol–water partition coefficient (Wildman–Crippen LogP) is 14.9. The van der Waals surface area contributed by atoms with Crippen LogP contribution in [0.1, 0.15) is 0 Å². The summed E-state index contributed by atoms with van der Waals surface area (Å²) in [4.78, 5) is 0. The third kappa shape index (κ3) is 4.79. The molecule has 0 atom stereocenters. The van der Waals surface area contributed by atoms with E-state index in [0.29, 0.717) is 0 Å². The number of fused-ring (bicyclic) bond motifs is 7. The molecule has 1 aromatic heterocycles. The molecule has 0 saturated carbocycles. The fourth-order valence-electron chi connectivity index (χ4n) is 8.52. The van der Waals surface area contributed by atoms with Gasteiger partial charge in [0, 0.05) is 10.8 Å². The first-order valence-corrected chi connectivity index (χ1v) is 18.2. The Morgan fingerprint density at radius 2 is 0.755 bits per heavy atom. The SMILES string of the molecule is c1ccc(-c2cc(-c3c4ccccc4c(-c4ccc(-c5ccc6oc7cc8ccccc8cc7c6c5)cc4)c4ccccc34)c3ccccc3c2)cc1. The van der Waals surface area contributed by atoms with Crippen LogP contribution in [0.5, 0.6) is 0 Å². The molecule has 0 saturated heterocycles. The Bertz CT molecular complexity index is 3150. The van der Waals surface area contributed by atoms with E-state index in [1.165, 1.54) is 87.6 Å². The molecule has 0 spiro atoms. The molecule has 0 aliphatic carbocycles. The standard InChI is InChI=1S/C52H32O/c1-2-12-33(13-3-1)40-28-39-16-6-7-17-41(39)48(31-40)52-44-20-10-8-18-42(44)51(43-19-9-11-21-45(43)52)35-24-22-34(23-25-35)38-26-27-49-46(30-38)47-29-36-14-4-5-15-37(36)32-50(47)53-49/h1-32H. The van der Waals surface area contributed by atoms with Crippen LogP contribution in [-0.2, 0) is 0 Å². The van der Waals surface area contributed by atoms with E-state index in [1.54, 1.807) is 0 Å². The average Bonchev–Trinajstić information content (AvgIpc) is 3.58. The third-order valence-electron chi connectivity index (χ3n) is 11.0. The first kappa shape index (κ1) is 29.7. The van der Waals surface area contributed by atoms with Crippen molar-refractivity contribution in [1.29, 1.82) is 0 Å². The van der Waals surface area contributed by atoms with Gasteiger partial charge in [0.1, 0.15) is 11.2 Å². The zero-order chi connectivity index (χ0) is 34.9. The molecule has 11 rings (SSSR count). The minimum Gasteiger partial charge on any atom is -0.456 e. The molecule has 1 heterocycles. The number of rotatable bonds is 4. The highest BCUT2D eigenvalue weighted by atomic mass is 16.3. The molecule has 0 amide bonds. The van der Waals surface area contributed by atoms with Gasteiger partial charge in [-0.25, -0.2) is 0 Å². The van der Waals surface area contributed by atoms with Crippen molar-refractivity contribution in [2.45, 2.75) is 0 Å². The van der Waals surface area contributed by atoms with Crippen molar-refractivity contribution in [3.63, 3.8) is 0 Å². The fraction of sp³-hybridized carbons (Fsp3) is 0. The monoisotopic (exact) mass is 672 g/mol. The molecule has 0 aliphatic heterocycles. The van der Waals surface area contributed by atoms with E-state index in [4.69, 9.17) is 4.42 Å². The van der Waals surface area contributed by atoms with E-state index in [-0.39, 0.29) is 0 Å². The van der Waals surface area contributed by atoms with Crippen LogP contribution in [0.15, 0.2) is 199 Å². The summed E-state index contributed by atoms with van der Waals surface area (Å²) in [5.74, 6) is 0. The van der Waals surface area contributed by atoms with Crippen molar-refractivity contribution < 1.29 is 4.42 Å². The van der Waals surface area contributed by atoms with Crippen molar-refractivity contribution in [2.24, 2.45) is 0 Å². The van der Waals surface area contributed by atoms with Crippen LogP contribution in [0.4, 0.5) is 0 Å². The molecule has 0 N–H and O–H groups in total. The highest BCUT2D eigenvalue weighted by molar-refractivity contribution is 6.24. The van der Waals surface area contributed by atoms with Crippen LogP contribution in [0.3, 0.4) is 0 Å². The van der Waals surface area contributed by atoms with Gasteiger partial charge in [-0.3, -0.25) is 0 Å². The molecule has 0 fully saturated rings. The van der Waals surface area contributed by atoms with Crippen LogP contribution >= 0.6 is 0 Å². The molecule has 0 bridgehead atoms. The van der Waals surface area contributed by atoms with Gasteiger partial charge < -0.3 is 4.42 Å². The third-order valence-corrected chi connectivity index (χ3v) is 11.0. The van der Waals surface area contributed by atoms with Gasteiger partial charge in [0.25, 0.3) is 0 Å². The van der Waals surface area contributed by atoms with Crippen molar-refractivity contribution in [1.82, 2.24) is 0 Å². The maximum absolute atomic E-state index is 6.30. The number of furan rings is 1. The Morgan fingerprint density at radius 1 is 0.245 bits per heavy atom. The lowest BCUT2D eigenvalue weighted by Crippen LogP contribution is -1.92. The van der Waals surface area contributed by atoms with Crippen molar-refractivity contribution >= 4 is 65.0 Å². The minimum atomic E-state index is 0.913. The summed E-state index contributed by atoms with van der Waals surface area (Å²) in [5.41, 5.74) is 11.6. The van der Waals surface area contributed by atoms with Crippen LogP contribution in [0.2, 0.25) is 0 Å². The highest BCUT2D eigenvalue weighted by Crippen LogP contribution is 2.46. The zero-order valence-corrected chi connectivity index (χ0v) is 28.9. The smallest absolute Gasteiger partial charge is 0.136 e. The maximum atomic E-state index is 6.30. The number of benzene rings is 10. The van der Waals surface area contributed by atoms with E-state index >= 15 is 0 Å². The van der Waals surface area contributed by atoms with Crippen molar-refractivity contribution in [3.05, 3.63) is 194 Å². The van der Waals surface area contributed by atoms with E-state index in [0.717, 1.165) is 21.9 Å². The molecule has 53 heavy (non-hydrogen) atoms. The molecule has 1 nitrogen and oxygen atoms in total. The van der Waals surface area contributed by atoms with Crippen LogP contribution in [0, 0.1) is 0 Å². The van der Waals surface area contributed by atoms with Gasteiger partial charge in [0.15, 0.2) is 0 Å². The van der Waals surface area contributed by atoms with E-state index in [1.807, 2.05) is 0 Å². The molecule has 0 aliphatic rings. The summed E-state index contributed by atoms with van der Waals surface area (Å²) >= 11 is 0. The minimum absolute atomic E-state index is 0.913. The van der Waals surface area contributed by atoms with Crippen molar-refractivity contribution in [3.8, 4) is 44.5 Å². The van der Waals surface area contributed by atoms with Gasteiger partial charge in [0.2, 0.25) is 0 Å². The Hall–Kier alpha value is -6.96. The molecule has 0 radical (unpaired) electrons. The second-order valence-corrected chi connectivity index (χ2v) is 14.0. The summed E-state index contributed by atoms with van der Waals surface area (Å²) in [6.45, 7) is 0. The molecule has 1 heteroatoms. The van der Waals surface area contributed by atoms with Gasteiger partial charge in [-0.1, -0.05) is 158 Å². The maximum Gasteiger partial charge on any atom is 0.136 e. The lowest BCUT2D eigenvalue weighted by molar-refractivity contribution is 0.669. The largest absolute Gasteiger partial charge is 0.456 e. The van der Waals surface area contributed by atoms with Crippen LogP contribution in [0.25, 0.3) is 110 Å². The Labute approximate surface area is 307 Å². The molecule has 246 valence electrons. The Kier molecular flexibility index (Phi) is 6.62. The quantitative estimate of drug-likeness (QED) is 0.170. The van der Waals surface area contributed by atoms with Gasteiger partial charge >= 0.3 is 0 Å². The van der Waals surface area contributed by atoms with Gasteiger partial charge in [0.05, 0.1) is 0 Å². The normalized spacial score (nSPS) is 11.8. The topological polar surface area (TPSA) is 13.1 Å². The van der Waals surface area contributed by atoms with Crippen molar-refractivity contribution in [2.75, 3.05) is 0 Å². The van der Waals surface area contributed by atoms with E-state index in [9.17, 15) is 0 Å².